The largest absolute Gasteiger partial charge is 0.378 e. The van der Waals surface area contributed by atoms with Crippen molar-refractivity contribution in [2.45, 2.75) is 44.2 Å². The van der Waals surface area contributed by atoms with Crippen LogP contribution in [-0.4, -0.2) is 41.0 Å². The fraction of sp³-hybridized carbons (Fsp3) is 0.556. The standard InChI is InChI=1S/C18H24N2O3/c21-16(13-6-2-1-3-7-13)17(22)19-15-10-11-20(12-15)18(23)14-8-4-5-9-14/h1-3,6-7,14-16,21H,4-5,8-12H2,(H,19,22)/t15-,16-/m0/s1. The van der Waals surface area contributed by atoms with Crippen molar-refractivity contribution in [2.24, 2.45) is 5.92 Å². The SMILES string of the molecule is O=C(N[C@H]1CCN(C(=O)C2CCCC2)C1)[C@@H](O)c1ccccc1. The monoisotopic (exact) mass is 316 g/mol. The molecule has 1 aromatic carbocycles. The first-order valence-electron chi connectivity index (χ1n) is 8.47. The Labute approximate surface area is 136 Å². The highest BCUT2D eigenvalue weighted by atomic mass is 16.3. The van der Waals surface area contributed by atoms with E-state index in [0.29, 0.717) is 18.7 Å². The number of aliphatic hydroxyl groups is 1. The van der Waals surface area contributed by atoms with Crippen LogP contribution in [0.5, 0.6) is 0 Å². The zero-order valence-corrected chi connectivity index (χ0v) is 13.3. The average molecular weight is 316 g/mol. The van der Waals surface area contributed by atoms with Gasteiger partial charge in [-0.2, -0.15) is 0 Å². The van der Waals surface area contributed by atoms with E-state index in [2.05, 4.69) is 5.32 Å². The molecule has 2 amide bonds. The van der Waals surface area contributed by atoms with Crippen molar-refractivity contribution >= 4 is 11.8 Å². The van der Waals surface area contributed by atoms with E-state index in [4.69, 9.17) is 0 Å². The van der Waals surface area contributed by atoms with Crippen molar-refractivity contribution in [2.75, 3.05) is 13.1 Å². The van der Waals surface area contributed by atoms with Crippen LogP contribution in [0.4, 0.5) is 0 Å². The van der Waals surface area contributed by atoms with Gasteiger partial charge in [-0.1, -0.05) is 43.2 Å². The van der Waals surface area contributed by atoms with Gasteiger partial charge in [0.15, 0.2) is 6.10 Å². The Morgan fingerprint density at radius 3 is 2.52 bits per heavy atom. The van der Waals surface area contributed by atoms with E-state index >= 15 is 0 Å². The summed E-state index contributed by atoms with van der Waals surface area (Å²) in [7, 11) is 0. The lowest BCUT2D eigenvalue weighted by molar-refractivity contribution is -0.135. The van der Waals surface area contributed by atoms with Crippen LogP contribution < -0.4 is 5.32 Å². The molecular weight excluding hydrogens is 292 g/mol. The van der Waals surface area contributed by atoms with Crippen molar-refractivity contribution in [3.63, 3.8) is 0 Å². The van der Waals surface area contributed by atoms with E-state index in [1.807, 2.05) is 11.0 Å². The molecule has 3 rings (SSSR count). The number of aliphatic hydroxyl groups excluding tert-OH is 1. The van der Waals surface area contributed by atoms with Gasteiger partial charge in [-0.25, -0.2) is 0 Å². The molecule has 5 nitrogen and oxygen atoms in total. The summed E-state index contributed by atoms with van der Waals surface area (Å²) in [6, 6.07) is 8.83. The highest BCUT2D eigenvalue weighted by Crippen LogP contribution is 2.28. The number of carbonyl (C=O) groups is 2. The zero-order valence-electron chi connectivity index (χ0n) is 13.3. The van der Waals surface area contributed by atoms with Gasteiger partial charge in [0.25, 0.3) is 5.91 Å². The van der Waals surface area contributed by atoms with Gasteiger partial charge in [0, 0.05) is 25.0 Å². The number of likely N-dealkylation sites (tertiary alicyclic amines) is 1. The van der Waals surface area contributed by atoms with E-state index in [-0.39, 0.29) is 17.9 Å². The lowest BCUT2D eigenvalue weighted by Gasteiger charge is -2.21. The number of amides is 2. The average Bonchev–Trinajstić information content (AvgIpc) is 3.26. The van der Waals surface area contributed by atoms with E-state index in [1.54, 1.807) is 24.3 Å². The molecule has 2 aliphatic rings. The third-order valence-electron chi connectivity index (χ3n) is 4.91. The first-order chi connectivity index (χ1) is 11.1. The zero-order chi connectivity index (χ0) is 16.2. The molecule has 5 heteroatoms. The van der Waals surface area contributed by atoms with Gasteiger partial charge in [0.1, 0.15) is 0 Å². The second-order valence-corrected chi connectivity index (χ2v) is 6.57. The van der Waals surface area contributed by atoms with E-state index in [1.165, 1.54) is 0 Å². The van der Waals surface area contributed by atoms with Gasteiger partial charge in [0.2, 0.25) is 5.91 Å². The third-order valence-corrected chi connectivity index (χ3v) is 4.91. The Kier molecular flexibility index (Phi) is 4.96. The van der Waals surface area contributed by atoms with Crippen molar-refractivity contribution in [3.8, 4) is 0 Å². The number of hydrogen-bond donors (Lipinski definition) is 2. The van der Waals surface area contributed by atoms with Gasteiger partial charge in [-0.15, -0.1) is 0 Å². The van der Waals surface area contributed by atoms with Crippen molar-refractivity contribution in [1.82, 2.24) is 10.2 Å². The summed E-state index contributed by atoms with van der Waals surface area (Å²) >= 11 is 0. The number of rotatable bonds is 4. The molecule has 0 unspecified atom stereocenters. The minimum absolute atomic E-state index is 0.0637. The lowest BCUT2D eigenvalue weighted by Crippen LogP contribution is -2.41. The maximum absolute atomic E-state index is 12.4. The molecule has 1 saturated heterocycles. The molecule has 2 fully saturated rings. The van der Waals surface area contributed by atoms with Gasteiger partial charge >= 0.3 is 0 Å². The molecule has 1 aromatic rings. The molecule has 2 N–H and O–H groups in total. The summed E-state index contributed by atoms with van der Waals surface area (Å²) in [5.41, 5.74) is 0.585. The van der Waals surface area contributed by atoms with Gasteiger partial charge in [0.05, 0.1) is 0 Å². The van der Waals surface area contributed by atoms with Crippen LogP contribution in [0, 0.1) is 5.92 Å². The van der Waals surface area contributed by atoms with Crippen molar-refractivity contribution < 1.29 is 14.7 Å². The molecule has 0 bridgehead atoms. The van der Waals surface area contributed by atoms with Crippen LogP contribution in [-0.2, 0) is 9.59 Å². The first-order valence-corrected chi connectivity index (χ1v) is 8.47. The predicted molar refractivity (Wildman–Crippen MR) is 86.5 cm³/mol. The minimum atomic E-state index is -1.16. The van der Waals surface area contributed by atoms with Crippen LogP contribution >= 0.6 is 0 Å². The Bertz CT molecular complexity index is 555. The topological polar surface area (TPSA) is 69.6 Å². The van der Waals surface area contributed by atoms with Crippen LogP contribution in [0.2, 0.25) is 0 Å². The second kappa shape index (κ2) is 7.13. The summed E-state index contributed by atoms with van der Waals surface area (Å²) in [6.07, 6.45) is 3.89. The summed E-state index contributed by atoms with van der Waals surface area (Å²) in [5, 5.41) is 13.0. The summed E-state index contributed by atoms with van der Waals surface area (Å²) in [5.74, 6) is 0.0265. The third kappa shape index (κ3) is 3.72. The van der Waals surface area contributed by atoms with Gasteiger partial charge in [-0.3, -0.25) is 9.59 Å². The highest BCUT2D eigenvalue weighted by molar-refractivity contribution is 5.83. The molecular formula is C18H24N2O3. The number of hydrogen-bond acceptors (Lipinski definition) is 3. The van der Waals surface area contributed by atoms with Crippen molar-refractivity contribution in [3.05, 3.63) is 35.9 Å². The van der Waals surface area contributed by atoms with Crippen molar-refractivity contribution in [1.29, 1.82) is 0 Å². The minimum Gasteiger partial charge on any atom is -0.378 e. The Balaban J connectivity index is 1.51. The molecule has 124 valence electrons. The molecule has 2 atom stereocenters. The Morgan fingerprint density at radius 1 is 1.13 bits per heavy atom. The molecule has 0 radical (unpaired) electrons. The normalized spacial score (nSPS) is 23.0. The summed E-state index contributed by atoms with van der Waals surface area (Å²) in [4.78, 5) is 26.4. The fourth-order valence-electron chi connectivity index (χ4n) is 3.58. The number of nitrogens with one attached hydrogen (secondary N) is 1. The number of benzene rings is 1. The van der Waals surface area contributed by atoms with Gasteiger partial charge < -0.3 is 15.3 Å². The van der Waals surface area contributed by atoms with E-state index < -0.39 is 12.0 Å². The molecule has 1 saturated carbocycles. The second-order valence-electron chi connectivity index (χ2n) is 6.57. The van der Waals surface area contributed by atoms with Crippen LogP contribution in [0.3, 0.4) is 0 Å². The highest BCUT2D eigenvalue weighted by Gasteiger charge is 2.33. The Hall–Kier alpha value is -1.88. The van der Waals surface area contributed by atoms with Crippen LogP contribution in [0.15, 0.2) is 30.3 Å². The fourth-order valence-corrected chi connectivity index (χ4v) is 3.58. The first kappa shape index (κ1) is 16.0. The molecule has 23 heavy (non-hydrogen) atoms. The molecule has 1 aliphatic carbocycles. The van der Waals surface area contributed by atoms with E-state index in [0.717, 1.165) is 32.1 Å². The molecule has 0 spiro atoms. The maximum atomic E-state index is 12.4. The van der Waals surface area contributed by atoms with Crippen LogP contribution in [0.1, 0.15) is 43.8 Å². The smallest absolute Gasteiger partial charge is 0.253 e. The van der Waals surface area contributed by atoms with Gasteiger partial charge in [-0.05, 0) is 24.8 Å². The number of carbonyl (C=O) groups excluding carboxylic acids is 2. The van der Waals surface area contributed by atoms with Crippen LogP contribution in [0.25, 0.3) is 0 Å². The quantitative estimate of drug-likeness (QED) is 0.887. The lowest BCUT2D eigenvalue weighted by atomic mass is 10.1. The summed E-state index contributed by atoms with van der Waals surface area (Å²) in [6.45, 7) is 1.25. The number of nitrogens with zero attached hydrogens (tertiary/aromatic N) is 1. The van der Waals surface area contributed by atoms with E-state index in [9.17, 15) is 14.7 Å². The molecule has 0 aromatic heterocycles. The Morgan fingerprint density at radius 2 is 1.83 bits per heavy atom. The molecule has 1 heterocycles. The maximum Gasteiger partial charge on any atom is 0.253 e. The molecule has 1 aliphatic heterocycles. The predicted octanol–water partition coefficient (Wildman–Crippen LogP) is 1.63. The summed E-state index contributed by atoms with van der Waals surface area (Å²) < 4.78 is 0.